The number of anilines is 2. The molecule has 2 amide bonds. The van der Waals surface area contributed by atoms with Crippen molar-refractivity contribution >= 4 is 54.6 Å². The molecule has 2 heterocycles. The molecule has 194 valence electrons. The highest BCUT2D eigenvalue weighted by molar-refractivity contribution is 7.13. The summed E-state index contributed by atoms with van der Waals surface area (Å²) in [4.78, 5) is 31.0. The normalized spacial score (nSPS) is 11.6. The van der Waals surface area contributed by atoms with Gasteiger partial charge in [0, 0.05) is 17.1 Å². The van der Waals surface area contributed by atoms with Crippen LogP contribution in [0, 0.1) is 11.5 Å². The molecule has 0 aliphatic rings. The van der Waals surface area contributed by atoms with E-state index in [-0.39, 0.29) is 15.5 Å². The number of nitriles is 1. The van der Waals surface area contributed by atoms with Crippen molar-refractivity contribution in [3.63, 3.8) is 0 Å². The number of carbonyl (C=O) groups excluding carboxylic acids is 2. The fourth-order valence-corrected chi connectivity index (χ4v) is 5.39. The van der Waals surface area contributed by atoms with Crippen LogP contribution in [0.1, 0.15) is 40.8 Å². The van der Waals surface area contributed by atoms with Crippen molar-refractivity contribution in [2.75, 3.05) is 23.4 Å². The number of aromatic nitrogens is 1. The number of carbonyl (C=O) groups is 2. The minimum absolute atomic E-state index is 0.0892. The van der Waals surface area contributed by atoms with E-state index in [1.165, 1.54) is 6.20 Å². The van der Waals surface area contributed by atoms with Gasteiger partial charge in [-0.1, -0.05) is 44.5 Å². The Morgan fingerprint density at radius 3 is 2.43 bits per heavy atom. The molecule has 0 aliphatic heterocycles. The Bertz CT molecular complexity index is 1310. The van der Waals surface area contributed by atoms with E-state index >= 15 is 0 Å². The first-order valence-electron chi connectivity index (χ1n) is 11.6. The minimum Gasteiger partial charge on any atom is -0.415 e. The Morgan fingerprint density at radius 2 is 1.89 bits per heavy atom. The lowest BCUT2D eigenvalue weighted by molar-refractivity contribution is 0.0980. The highest BCUT2D eigenvalue weighted by atomic mass is 35.5. The third-order valence-electron chi connectivity index (χ3n) is 6.41. The molecule has 0 bridgehead atoms. The Kier molecular flexibility index (Phi) is 8.76. The number of rotatable bonds is 9. The number of amides is 2. The van der Waals surface area contributed by atoms with E-state index in [9.17, 15) is 14.9 Å². The standard InChI is InChI=1S/C26H30ClN5O3SSi/c1-26(2,3)37(4,5)35-13-12-32(16-28)19-9-6-17(7-10-19)20-15-36-23(22(20)24(29)33)25(34)31-21-11-8-18(27)14-30-21/h6-11,14-15H,12-13H2,1-5H3,(H2,29,33)(H,30,31,34). The van der Waals surface area contributed by atoms with Crippen LogP contribution in [-0.4, -0.2) is 38.3 Å². The molecular weight excluding hydrogens is 526 g/mol. The van der Waals surface area contributed by atoms with Crippen molar-refractivity contribution < 1.29 is 14.0 Å². The molecule has 0 saturated carbocycles. The van der Waals surface area contributed by atoms with Gasteiger partial charge in [0.15, 0.2) is 14.5 Å². The van der Waals surface area contributed by atoms with Crippen molar-refractivity contribution in [3.8, 4) is 17.3 Å². The molecule has 0 unspecified atom stereocenters. The molecule has 2 aromatic heterocycles. The predicted molar refractivity (Wildman–Crippen MR) is 152 cm³/mol. The second kappa shape index (κ2) is 11.4. The highest BCUT2D eigenvalue weighted by Crippen LogP contribution is 2.37. The molecule has 0 radical (unpaired) electrons. The summed E-state index contributed by atoms with van der Waals surface area (Å²) in [5, 5.41) is 14.6. The van der Waals surface area contributed by atoms with Crippen LogP contribution < -0.4 is 16.0 Å². The smallest absolute Gasteiger partial charge is 0.267 e. The van der Waals surface area contributed by atoms with Crippen LogP contribution in [0.15, 0.2) is 48.0 Å². The van der Waals surface area contributed by atoms with Crippen molar-refractivity contribution in [2.24, 2.45) is 5.73 Å². The lowest BCUT2D eigenvalue weighted by Crippen LogP contribution is -2.42. The molecule has 0 saturated heterocycles. The number of primary amides is 1. The topological polar surface area (TPSA) is 121 Å². The van der Waals surface area contributed by atoms with Gasteiger partial charge in [-0.2, -0.15) is 5.26 Å². The summed E-state index contributed by atoms with van der Waals surface area (Å²) in [5.74, 6) is -0.900. The summed E-state index contributed by atoms with van der Waals surface area (Å²) >= 11 is 6.96. The van der Waals surface area contributed by atoms with Gasteiger partial charge in [-0.3, -0.25) is 14.5 Å². The first-order chi connectivity index (χ1) is 17.3. The predicted octanol–water partition coefficient (Wildman–Crippen LogP) is 6.12. The summed E-state index contributed by atoms with van der Waals surface area (Å²) in [7, 11) is -1.91. The number of nitrogens with zero attached hydrogens (tertiary/aromatic N) is 3. The quantitative estimate of drug-likeness (QED) is 0.186. The maximum Gasteiger partial charge on any atom is 0.267 e. The Morgan fingerprint density at radius 1 is 1.22 bits per heavy atom. The lowest BCUT2D eigenvalue weighted by atomic mass is 10.0. The Labute approximate surface area is 227 Å². The van der Waals surface area contributed by atoms with E-state index in [1.807, 2.05) is 0 Å². The van der Waals surface area contributed by atoms with E-state index < -0.39 is 20.1 Å². The van der Waals surface area contributed by atoms with Gasteiger partial charge in [0.25, 0.3) is 11.8 Å². The largest absolute Gasteiger partial charge is 0.415 e. The number of halogens is 1. The van der Waals surface area contributed by atoms with Gasteiger partial charge in [0.05, 0.1) is 29.4 Å². The molecule has 0 aliphatic carbocycles. The van der Waals surface area contributed by atoms with E-state index in [4.69, 9.17) is 21.8 Å². The molecule has 0 atom stereocenters. The van der Waals surface area contributed by atoms with Crippen molar-refractivity contribution in [1.82, 2.24) is 4.98 Å². The molecule has 0 spiro atoms. The van der Waals surface area contributed by atoms with Gasteiger partial charge in [0.2, 0.25) is 0 Å². The number of pyridine rings is 1. The highest BCUT2D eigenvalue weighted by Gasteiger charge is 2.37. The minimum atomic E-state index is -1.91. The average Bonchev–Trinajstić information content (AvgIpc) is 3.28. The monoisotopic (exact) mass is 555 g/mol. The fraction of sp³-hybridized carbons (Fsp3) is 0.308. The first kappa shape index (κ1) is 28.3. The average molecular weight is 556 g/mol. The van der Waals surface area contributed by atoms with Crippen LogP contribution in [0.3, 0.4) is 0 Å². The van der Waals surface area contributed by atoms with Crippen LogP contribution in [0.5, 0.6) is 0 Å². The molecule has 3 aromatic rings. The summed E-state index contributed by atoms with van der Waals surface area (Å²) in [5.41, 5.74) is 7.74. The zero-order valence-electron chi connectivity index (χ0n) is 21.5. The maximum absolute atomic E-state index is 12.9. The Hall–Kier alpha value is -3.23. The summed E-state index contributed by atoms with van der Waals surface area (Å²) in [6.07, 6.45) is 3.62. The van der Waals surface area contributed by atoms with E-state index in [0.717, 1.165) is 11.3 Å². The molecule has 1 aromatic carbocycles. The van der Waals surface area contributed by atoms with Crippen LogP contribution >= 0.6 is 22.9 Å². The van der Waals surface area contributed by atoms with Crippen LogP contribution in [-0.2, 0) is 4.43 Å². The number of hydrogen-bond donors (Lipinski definition) is 2. The molecule has 0 fully saturated rings. The van der Waals surface area contributed by atoms with E-state index in [0.29, 0.717) is 40.8 Å². The van der Waals surface area contributed by atoms with Gasteiger partial charge in [-0.05, 0) is 48.0 Å². The van der Waals surface area contributed by atoms with Crippen LogP contribution in [0.4, 0.5) is 11.5 Å². The number of nitrogens with one attached hydrogen (secondary N) is 1. The SMILES string of the molecule is CC(C)(C)[Si](C)(C)OCCN(C#N)c1ccc(-c2csc(C(=O)Nc3ccc(Cl)cn3)c2C(N)=O)cc1. The number of nitrogens with two attached hydrogens (primary N) is 1. The summed E-state index contributed by atoms with van der Waals surface area (Å²) in [6.45, 7) is 11.8. The van der Waals surface area contributed by atoms with Gasteiger partial charge >= 0.3 is 0 Å². The molecule has 11 heteroatoms. The molecular formula is C26H30ClN5O3SSi. The number of hydrogen-bond acceptors (Lipinski definition) is 7. The zero-order valence-corrected chi connectivity index (χ0v) is 24.0. The lowest BCUT2D eigenvalue weighted by Gasteiger charge is -2.36. The second-order valence-corrected chi connectivity index (χ2v) is 16.1. The Balaban J connectivity index is 1.77. The molecule has 8 nitrogen and oxygen atoms in total. The molecule has 37 heavy (non-hydrogen) atoms. The number of thiophene rings is 1. The van der Waals surface area contributed by atoms with Gasteiger partial charge in [-0.15, -0.1) is 11.3 Å². The van der Waals surface area contributed by atoms with Gasteiger partial charge in [0.1, 0.15) is 10.7 Å². The van der Waals surface area contributed by atoms with E-state index in [2.05, 4.69) is 50.4 Å². The van der Waals surface area contributed by atoms with Gasteiger partial charge < -0.3 is 15.5 Å². The number of benzene rings is 1. The fourth-order valence-electron chi connectivity index (χ4n) is 3.27. The zero-order chi connectivity index (χ0) is 27.4. The van der Waals surface area contributed by atoms with E-state index in [1.54, 1.807) is 46.7 Å². The summed E-state index contributed by atoms with van der Waals surface area (Å²) in [6, 6.07) is 10.4. The van der Waals surface area contributed by atoms with Crippen LogP contribution in [0.2, 0.25) is 23.2 Å². The first-order valence-corrected chi connectivity index (χ1v) is 15.8. The van der Waals surface area contributed by atoms with Crippen molar-refractivity contribution in [2.45, 2.75) is 38.9 Å². The van der Waals surface area contributed by atoms with Gasteiger partial charge in [-0.25, -0.2) is 4.98 Å². The third-order valence-corrected chi connectivity index (χ3v) is 12.1. The van der Waals surface area contributed by atoms with Crippen LogP contribution in [0.25, 0.3) is 11.1 Å². The summed E-state index contributed by atoms with van der Waals surface area (Å²) < 4.78 is 6.20. The maximum atomic E-state index is 12.9. The third kappa shape index (κ3) is 6.75. The van der Waals surface area contributed by atoms with Crippen molar-refractivity contribution in [3.05, 3.63) is 63.4 Å². The van der Waals surface area contributed by atoms with Crippen molar-refractivity contribution in [1.29, 1.82) is 5.26 Å². The second-order valence-electron chi connectivity index (χ2n) is 9.94. The molecule has 3 rings (SSSR count). The molecule has 3 N–H and O–H groups in total.